The number of likely N-dealkylation sites (N-methyl/N-ethyl adjacent to an activating group) is 1. The number of hydrogen-bond donors (Lipinski definition) is 0. The molecule has 2 heterocycles. The molecule has 0 saturated carbocycles. The summed E-state index contributed by atoms with van der Waals surface area (Å²) in [6.45, 7) is 8.95. The topological polar surface area (TPSA) is 29.0 Å². The lowest BCUT2D eigenvalue weighted by atomic mass is 10.2. The van der Waals surface area contributed by atoms with Crippen LogP contribution in [0.25, 0.3) is 10.2 Å². The van der Waals surface area contributed by atoms with Gasteiger partial charge >= 0.3 is 0 Å². The SMILES string of the molecule is C=C(C)CN(C)c1ncnc2sc(CC)cc12. The number of thiophene rings is 1. The minimum absolute atomic E-state index is 0.823. The predicted octanol–water partition coefficient (Wildman–Crippen LogP) is 3.27. The predicted molar refractivity (Wildman–Crippen MR) is 74.9 cm³/mol. The van der Waals surface area contributed by atoms with E-state index >= 15 is 0 Å². The first-order chi connectivity index (χ1) is 8.11. The molecule has 2 aromatic heterocycles. The van der Waals surface area contributed by atoms with Crippen LogP contribution in [0.4, 0.5) is 5.82 Å². The number of anilines is 1. The van der Waals surface area contributed by atoms with Crippen LogP contribution in [0.1, 0.15) is 18.7 Å². The normalized spacial score (nSPS) is 10.8. The molecule has 0 aliphatic rings. The third kappa shape index (κ3) is 2.47. The molecule has 0 saturated heterocycles. The summed E-state index contributed by atoms with van der Waals surface area (Å²) < 4.78 is 0. The van der Waals surface area contributed by atoms with Gasteiger partial charge in [0.25, 0.3) is 0 Å². The summed E-state index contributed by atoms with van der Waals surface area (Å²) in [5.41, 5.74) is 1.13. The molecular formula is C13H17N3S. The Morgan fingerprint density at radius 2 is 2.24 bits per heavy atom. The fourth-order valence-corrected chi connectivity index (χ4v) is 2.78. The van der Waals surface area contributed by atoms with E-state index in [4.69, 9.17) is 0 Å². The van der Waals surface area contributed by atoms with Gasteiger partial charge in [0, 0.05) is 18.5 Å². The van der Waals surface area contributed by atoms with Crippen molar-refractivity contribution >= 4 is 27.4 Å². The maximum absolute atomic E-state index is 4.39. The molecule has 0 spiro atoms. The van der Waals surface area contributed by atoms with Crippen molar-refractivity contribution in [1.82, 2.24) is 9.97 Å². The summed E-state index contributed by atoms with van der Waals surface area (Å²) in [6, 6.07) is 2.20. The van der Waals surface area contributed by atoms with Crippen molar-refractivity contribution in [2.24, 2.45) is 0 Å². The molecule has 0 atom stereocenters. The van der Waals surface area contributed by atoms with Crippen LogP contribution in [0.15, 0.2) is 24.5 Å². The lowest BCUT2D eigenvalue weighted by Gasteiger charge is -2.18. The Bertz CT molecular complexity index is 545. The molecule has 2 aromatic rings. The number of fused-ring (bicyclic) bond motifs is 1. The molecule has 0 aliphatic carbocycles. The average Bonchev–Trinajstić information content (AvgIpc) is 2.70. The number of hydrogen-bond acceptors (Lipinski definition) is 4. The van der Waals surface area contributed by atoms with Crippen LogP contribution >= 0.6 is 11.3 Å². The molecule has 0 amide bonds. The molecular weight excluding hydrogens is 230 g/mol. The molecule has 0 N–H and O–H groups in total. The highest BCUT2D eigenvalue weighted by molar-refractivity contribution is 7.18. The zero-order valence-corrected chi connectivity index (χ0v) is 11.3. The first kappa shape index (κ1) is 12.0. The van der Waals surface area contributed by atoms with Gasteiger partial charge in [0.2, 0.25) is 0 Å². The molecule has 17 heavy (non-hydrogen) atoms. The van der Waals surface area contributed by atoms with Crippen molar-refractivity contribution in [1.29, 1.82) is 0 Å². The number of aromatic nitrogens is 2. The van der Waals surface area contributed by atoms with E-state index in [1.807, 2.05) is 14.0 Å². The molecule has 4 heteroatoms. The molecule has 2 rings (SSSR count). The highest BCUT2D eigenvalue weighted by atomic mass is 32.1. The lowest BCUT2D eigenvalue weighted by Crippen LogP contribution is -2.20. The minimum Gasteiger partial charge on any atom is -0.355 e. The van der Waals surface area contributed by atoms with Crippen molar-refractivity contribution in [3.05, 3.63) is 29.4 Å². The Morgan fingerprint density at radius 1 is 1.47 bits per heavy atom. The maximum Gasteiger partial charge on any atom is 0.140 e. The zero-order chi connectivity index (χ0) is 12.4. The van der Waals surface area contributed by atoms with Crippen molar-refractivity contribution in [3.63, 3.8) is 0 Å². The van der Waals surface area contributed by atoms with Crippen LogP contribution in [0, 0.1) is 0 Å². The minimum atomic E-state index is 0.823. The monoisotopic (exact) mass is 247 g/mol. The van der Waals surface area contributed by atoms with E-state index in [1.54, 1.807) is 17.7 Å². The van der Waals surface area contributed by atoms with E-state index in [2.05, 4.69) is 34.4 Å². The van der Waals surface area contributed by atoms with Crippen LogP contribution in [0.5, 0.6) is 0 Å². The van der Waals surface area contributed by atoms with Crippen LogP contribution in [0.3, 0.4) is 0 Å². The second-order valence-electron chi connectivity index (χ2n) is 4.30. The molecule has 90 valence electrons. The molecule has 0 unspecified atom stereocenters. The van der Waals surface area contributed by atoms with Crippen LogP contribution < -0.4 is 4.90 Å². The molecule has 3 nitrogen and oxygen atoms in total. The largest absolute Gasteiger partial charge is 0.355 e. The summed E-state index contributed by atoms with van der Waals surface area (Å²) in [5, 5.41) is 1.15. The highest BCUT2D eigenvalue weighted by Crippen LogP contribution is 2.30. The smallest absolute Gasteiger partial charge is 0.140 e. The van der Waals surface area contributed by atoms with Gasteiger partial charge in [0.15, 0.2) is 0 Å². The molecule has 0 radical (unpaired) electrons. The summed E-state index contributed by atoms with van der Waals surface area (Å²) >= 11 is 1.75. The standard InChI is InChI=1S/C13H17N3S/c1-5-10-6-11-12(16(4)7-9(2)3)14-8-15-13(11)17-10/h6,8H,2,5,7H2,1,3-4H3. The van der Waals surface area contributed by atoms with E-state index in [0.717, 1.165) is 34.6 Å². The summed E-state index contributed by atoms with van der Waals surface area (Å²) in [6.07, 6.45) is 2.69. The molecule has 0 bridgehead atoms. The Morgan fingerprint density at radius 3 is 2.88 bits per heavy atom. The summed E-state index contributed by atoms with van der Waals surface area (Å²) in [5.74, 6) is 0.994. The van der Waals surface area contributed by atoms with E-state index in [9.17, 15) is 0 Å². The van der Waals surface area contributed by atoms with Gasteiger partial charge in [0.1, 0.15) is 17.0 Å². The van der Waals surface area contributed by atoms with E-state index < -0.39 is 0 Å². The number of aryl methyl sites for hydroxylation is 1. The van der Waals surface area contributed by atoms with Crippen molar-refractivity contribution in [3.8, 4) is 0 Å². The average molecular weight is 247 g/mol. The van der Waals surface area contributed by atoms with Gasteiger partial charge in [-0.25, -0.2) is 9.97 Å². The quantitative estimate of drug-likeness (QED) is 0.776. The van der Waals surface area contributed by atoms with Gasteiger partial charge in [-0.15, -0.1) is 11.3 Å². The third-order valence-electron chi connectivity index (χ3n) is 2.58. The van der Waals surface area contributed by atoms with Gasteiger partial charge < -0.3 is 4.90 Å². The van der Waals surface area contributed by atoms with Crippen molar-refractivity contribution in [2.75, 3.05) is 18.5 Å². The molecule has 0 aromatic carbocycles. The highest BCUT2D eigenvalue weighted by Gasteiger charge is 2.11. The van der Waals surface area contributed by atoms with Gasteiger partial charge in [-0.3, -0.25) is 0 Å². The van der Waals surface area contributed by atoms with Gasteiger partial charge in [0.05, 0.1) is 5.39 Å². The Labute approximate surface area is 106 Å². The Kier molecular flexibility index (Phi) is 3.43. The Balaban J connectivity index is 2.45. The van der Waals surface area contributed by atoms with E-state index in [-0.39, 0.29) is 0 Å². The first-order valence-corrected chi connectivity index (χ1v) is 6.52. The molecule has 0 aliphatic heterocycles. The van der Waals surface area contributed by atoms with Gasteiger partial charge in [-0.1, -0.05) is 19.1 Å². The van der Waals surface area contributed by atoms with Crippen molar-refractivity contribution < 1.29 is 0 Å². The molecule has 0 fully saturated rings. The third-order valence-corrected chi connectivity index (χ3v) is 3.76. The lowest BCUT2D eigenvalue weighted by molar-refractivity contribution is 0.956. The Hall–Kier alpha value is -1.42. The van der Waals surface area contributed by atoms with Crippen molar-refractivity contribution in [2.45, 2.75) is 20.3 Å². The second kappa shape index (κ2) is 4.84. The number of rotatable bonds is 4. The zero-order valence-electron chi connectivity index (χ0n) is 10.5. The van der Waals surface area contributed by atoms with E-state index in [0.29, 0.717) is 0 Å². The second-order valence-corrected chi connectivity index (χ2v) is 5.41. The van der Waals surface area contributed by atoms with E-state index in [1.165, 1.54) is 4.88 Å². The summed E-state index contributed by atoms with van der Waals surface area (Å²) in [4.78, 5) is 13.3. The maximum atomic E-state index is 4.39. The first-order valence-electron chi connectivity index (χ1n) is 5.70. The van der Waals surface area contributed by atoms with Crippen LogP contribution in [-0.4, -0.2) is 23.6 Å². The van der Waals surface area contributed by atoms with Gasteiger partial charge in [-0.05, 0) is 19.4 Å². The summed E-state index contributed by atoms with van der Waals surface area (Å²) in [7, 11) is 2.04. The van der Waals surface area contributed by atoms with Crippen LogP contribution in [0.2, 0.25) is 0 Å². The fourth-order valence-electron chi connectivity index (χ4n) is 1.85. The number of nitrogens with zero attached hydrogens (tertiary/aromatic N) is 3. The van der Waals surface area contributed by atoms with Gasteiger partial charge in [-0.2, -0.15) is 0 Å². The fraction of sp³-hybridized carbons (Fsp3) is 0.385. The van der Waals surface area contributed by atoms with Crippen LogP contribution in [-0.2, 0) is 6.42 Å².